The molecule has 1 aromatic heterocycles. The second-order valence-corrected chi connectivity index (χ2v) is 3.93. The van der Waals surface area contributed by atoms with Gasteiger partial charge in [0.15, 0.2) is 0 Å². The van der Waals surface area contributed by atoms with E-state index in [0.29, 0.717) is 17.3 Å². The van der Waals surface area contributed by atoms with Crippen LogP contribution >= 0.6 is 11.6 Å². The molecule has 0 aliphatic rings. The van der Waals surface area contributed by atoms with Crippen LogP contribution in [0.3, 0.4) is 0 Å². The van der Waals surface area contributed by atoms with Crippen molar-refractivity contribution >= 4 is 11.6 Å². The maximum atomic E-state index is 12.8. The first-order valence-corrected chi connectivity index (χ1v) is 5.23. The lowest BCUT2D eigenvalue weighted by Gasteiger charge is -2.10. The van der Waals surface area contributed by atoms with Crippen molar-refractivity contribution in [1.29, 1.82) is 0 Å². The fraction of sp³-hybridized carbons (Fsp3) is 0.182. The van der Waals surface area contributed by atoms with Gasteiger partial charge in [-0.2, -0.15) is 0 Å². The predicted molar refractivity (Wildman–Crippen MR) is 60.6 cm³/mol. The molecule has 3 nitrogen and oxygen atoms in total. The third-order valence-electron chi connectivity index (χ3n) is 2.33. The summed E-state index contributed by atoms with van der Waals surface area (Å²) in [6, 6.07) is 4.03. The molecule has 84 valence electrons. The van der Waals surface area contributed by atoms with Crippen molar-refractivity contribution in [3.8, 4) is 0 Å². The number of nitrogens with two attached hydrogens (primary N) is 1. The number of hydrogen-bond acceptors (Lipinski definition) is 2. The highest BCUT2D eigenvalue weighted by Gasteiger charge is 2.11. The second kappa shape index (κ2) is 4.63. The number of aromatic nitrogens is 2. The van der Waals surface area contributed by atoms with Gasteiger partial charge in [-0.05, 0) is 24.1 Å². The summed E-state index contributed by atoms with van der Waals surface area (Å²) in [4.78, 5) is 7.00. The third kappa shape index (κ3) is 2.40. The van der Waals surface area contributed by atoms with Gasteiger partial charge in [-0.3, -0.25) is 0 Å². The fourth-order valence-electron chi connectivity index (χ4n) is 1.50. The Kier molecular flexibility index (Phi) is 3.22. The van der Waals surface area contributed by atoms with E-state index in [1.54, 1.807) is 18.5 Å². The van der Waals surface area contributed by atoms with E-state index in [1.165, 1.54) is 12.1 Å². The number of imidazole rings is 1. The number of hydrogen-bond donors (Lipinski definition) is 2. The summed E-state index contributed by atoms with van der Waals surface area (Å²) in [5, 5.41) is 0.391. The molecule has 1 aromatic carbocycles. The van der Waals surface area contributed by atoms with E-state index in [9.17, 15) is 4.39 Å². The van der Waals surface area contributed by atoms with Crippen LogP contribution in [0.1, 0.15) is 17.4 Å². The Morgan fingerprint density at radius 1 is 1.50 bits per heavy atom. The normalized spacial score (nSPS) is 12.7. The van der Waals surface area contributed by atoms with Crippen LogP contribution in [0.2, 0.25) is 5.02 Å². The van der Waals surface area contributed by atoms with Crippen molar-refractivity contribution in [2.24, 2.45) is 5.73 Å². The number of rotatable bonds is 3. The molecule has 2 aromatic rings. The number of halogens is 2. The van der Waals surface area contributed by atoms with E-state index in [2.05, 4.69) is 9.97 Å². The highest BCUT2D eigenvalue weighted by molar-refractivity contribution is 6.31. The van der Waals surface area contributed by atoms with Gasteiger partial charge in [0.2, 0.25) is 0 Å². The van der Waals surface area contributed by atoms with Crippen LogP contribution in [0.4, 0.5) is 4.39 Å². The van der Waals surface area contributed by atoms with Gasteiger partial charge in [0, 0.05) is 17.4 Å². The van der Waals surface area contributed by atoms with E-state index in [4.69, 9.17) is 17.3 Å². The number of benzene rings is 1. The monoisotopic (exact) mass is 239 g/mol. The summed E-state index contributed by atoms with van der Waals surface area (Å²) in [5.41, 5.74) is 6.74. The summed E-state index contributed by atoms with van der Waals surface area (Å²) in [5.74, 6) is 0.348. The van der Waals surface area contributed by atoms with E-state index in [-0.39, 0.29) is 11.9 Å². The Morgan fingerprint density at radius 2 is 2.31 bits per heavy atom. The third-order valence-corrected chi connectivity index (χ3v) is 2.68. The number of nitrogens with one attached hydrogen (secondary N) is 1. The van der Waals surface area contributed by atoms with Gasteiger partial charge in [0.1, 0.15) is 11.6 Å². The Balaban J connectivity index is 2.15. The maximum absolute atomic E-state index is 12.8. The summed E-state index contributed by atoms with van der Waals surface area (Å²) in [7, 11) is 0. The molecule has 0 radical (unpaired) electrons. The van der Waals surface area contributed by atoms with Crippen LogP contribution in [0.25, 0.3) is 0 Å². The molecule has 0 spiro atoms. The van der Waals surface area contributed by atoms with Crippen molar-refractivity contribution in [2.45, 2.75) is 12.5 Å². The van der Waals surface area contributed by atoms with E-state index < -0.39 is 0 Å². The van der Waals surface area contributed by atoms with E-state index in [0.717, 1.165) is 5.56 Å². The number of nitrogens with zero attached hydrogens (tertiary/aromatic N) is 1. The Hall–Kier alpha value is -1.39. The first kappa shape index (κ1) is 11.1. The minimum Gasteiger partial charge on any atom is -0.347 e. The summed E-state index contributed by atoms with van der Waals surface area (Å²) in [6.07, 6.45) is 3.87. The summed E-state index contributed by atoms with van der Waals surface area (Å²) < 4.78 is 12.8. The van der Waals surface area contributed by atoms with Crippen LogP contribution < -0.4 is 5.73 Å². The zero-order valence-electron chi connectivity index (χ0n) is 8.45. The standard InChI is InChI=1S/C11H11ClFN3/c12-9-6-8(13)2-1-7(9)5-10(14)11-15-3-4-16-11/h1-4,6,10H,5,14H2,(H,15,16). The molecule has 1 heterocycles. The lowest BCUT2D eigenvalue weighted by Crippen LogP contribution is -2.15. The first-order valence-electron chi connectivity index (χ1n) is 4.85. The summed E-state index contributed by atoms with van der Waals surface area (Å²) in [6.45, 7) is 0. The number of aromatic amines is 1. The predicted octanol–water partition coefficient (Wildman–Crippen LogP) is 2.44. The molecule has 5 heteroatoms. The van der Waals surface area contributed by atoms with Crippen LogP contribution in [0.15, 0.2) is 30.6 Å². The Labute approximate surface area is 97.5 Å². The van der Waals surface area contributed by atoms with Crippen molar-refractivity contribution in [1.82, 2.24) is 9.97 Å². The van der Waals surface area contributed by atoms with E-state index >= 15 is 0 Å². The molecule has 1 atom stereocenters. The molecule has 0 aliphatic heterocycles. The molecular weight excluding hydrogens is 229 g/mol. The van der Waals surface area contributed by atoms with Crippen molar-refractivity contribution < 1.29 is 4.39 Å². The zero-order valence-corrected chi connectivity index (χ0v) is 9.21. The molecule has 0 bridgehead atoms. The van der Waals surface area contributed by atoms with Gasteiger partial charge < -0.3 is 10.7 Å². The van der Waals surface area contributed by atoms with Gasteiger partial charge in [-0.25, -0.2) is 9.37 Å². The highest BCUT2D eigenvalue weighted by Crippen LogP contribution is 2.21. The Morgan fingerprint density at radius 3 is 2.94 bits per heavy atom. The van der Waals surface area contributed by atoms with E-state index in [1.807, 2.05) is 0 Å². The molecular formula is C11H11ClFN3. The van der Waals surface area contributed by atoms with Crippen molar-refractivity contribution in [2.75, 3.05) is 0 Å². The van der Waals surface area contributed by atoms with Crippen LogP contribution in [-0.4, -0.2) is 9.97 Å². The topological polar surface area (TPSA) is 54.7 Å². The molecule has 0 aliphatic carbocycles. The van der Waals surface area contributed by atoms with Gasteiger partial charge in [-0.15, -0.1) is 0 Å². The molecule has 16 heavy (non-hydrogen) atoms. The molecule has 0 fully saturated rings. The van der Waals surface area contributed by atoms with Gasteiger partial charge in [0.25, 0.3) is 0 Å². The number of H-pyrrole nitrogens is 1. The lowest BCUT2D eigenvalue weighted by atomic mass is 10.1. The molecule has 0 saturated heterocycles. The first-order chi connectivity index (χ1) is 7.66. The van der Waals surface area contributed by atoms with Crippen molar-refractivity contribution in [3.05, 3.63) is 52.8 Å². The minimum atomic E-state index is -0.347. The minimum absolute atomic E-state index is 0.266. The smallest absolute Gasteiger partial charge is 0.124 e. The largest absolute Gasteiger partial charge is 0.347 e. The average molecular weight is 240 g/mol. The molecule has 1 unspecified atom stereocenters. The maximum Gasteiger partial charge on any atom is 0.124 e. The van der Waals surface area contributed by atoms with Crippen LogP contribution in [0.5, 0.6) is 0 Å². The van der Waals surface area contributed by atoms with Crippen LogP contribution in [0, 0.1) is 5.82 Å². The molecule has 0 saturated carbocycles. The van der Waals surface area contributed by atoms with Gasteiger partial charge >= 0.3 is 0 Å². The zero-order chi connectivity index (χ0) is 11.5. The van der Waals surface area contributed by atoms with Gasteiger partial charge in [-0.1, -0.05) is 17.7 Å². The molecule has 0 amide bonds. The van der Waals surface area contributed by atoms with Crippen LogP contribution in [-0.2, 0) is 6.42 Å². The van der Waals surface area contributed by atoms with Crippen molar-refractivity contribution in [3.63, 3.8) is 0 Å². The highest BCUT2D eigenvalue weighted by atomic mass is 35.5. The SMILES string of the molecule is NC(Cc1ccc(F)cc1Cl)c1ncc[nH]1. The second-order valence-electron chi connectivity index (χ2n) is 3.52. The van der Waals surface area contributed by atoms with Gasteiger partial charge in [0.05, 0.1) is 6.04 Å². The average Bonchev–Trinajstić information content (AvgIpc) is 2.75. The Bertz CT molecular complexity index is 470. The fourth-order valence-corrected chi connectivity index (χ4v) is 1.75. The quantitative estimate of drug-likeness (QED) is 0.865. The molecule has 2 rings (SSSR count). The molecule has 3 N–H and O–H groups in total. The summed E-state index contributed by atoms with van der Waals surface area (Å²) >= 11 is 5.91. The lowest BCUT2D eigenvalue weighted by molar-refractivity contribution is 0.624.